The number of likely N-dealkylation sites (tertiary alicyclic amines) is 1. The van der Waals surface area contributed by atoms with Crippen LogP contribution >= 0.6 is 0 Å². The zero-order valence-corrected chi connectivity index (χ0v) is 13.8. The number of benzene rings is 2. The molecule has 1 atom stereocenters. The van der Waals surface area contributed by atoms with Crippen LogP contribution in [0, 0.1) is 11.3 Å². The van der Waals surface area contributed by atoms with Crippen molar-refractivity contribution >= 4 is 5.91 Å². The van der Waals surface area contributed by atoms with Gasteiger partial charge in [-0.15, -0.1) is 0 Å². The third kappa shape index (κ3) is 2.68. The van der Waals surface area contributed by atoms with Crippen molar-refractivity contribution in [2.45, 2.75) is 24.3 Å². The number of hydrogen-bond donors (Lipinski definition) is 1. The van der Waals surface area contributed by atoms with Crippen LogP contribution in [0.25, 0.3) is 0 Å². The highest BCUT2D eigenvalue weighted by atomic mass is 16.1. The number of nitriles is 1. The zero-order valence-electron chi connectivity index (χ0n) is 13.8. The molecule has 0 spiro atoms. The van der Waals surface area contributed by atoms with Gasteiger partial charge < -0.3 is 5.73 Å². The Morgan fingerprint density at radius 3 is 2.04 bits per heavy atom. The van der Waals surface area contributed by atoms with Crippen molar-refractivity contribution in [1.82, 2.24) is 4.90 Å². The molecule has 2 aromatic rings. The fourth-order valence-electron chi connectivity index (χ4n) is 3.85. The van der Waals surface area contributed by atoms with Gasteiger partial charge in [-0.1, -0.05) is 60.7 Å². The van der Waals surface area contributed by atoms with E-state index in [4.69, 9.17) is 5.73 Å². The highest BCUT2D eigenvalue weighted by Crippen LogP contribution is 2.47. The summed E-state index contributed by atoms with van der Waals surface area (Å²) in [6.45, 7) is 2.57. The Morgan fingerprint density at radius 2 is 1.62 bits per heavy atom. The number of hydrogen-bond acceptors (Lipinski definition) is 3. The maximum Gasteiger partial charge on any atom is 0.231 e. The van der Waals surface area contributed by atoms with Gasteiger partial charge in [-0.2, -0.15) is 5.26 Å². The molecule has 0 radical (unpaired) electrons. The van der Waals surface area contributed by atoms with E-state index in [2.05, 4.69) is 30.3 Å². The van der Waals surface area contributed by atoms with Gasteiger partial charge in [0.1, 0.15) is 5.54 Å². The molecule has 4 nitrogen and oxygen atoms in total. The molecule has 0 bridgehead atoms. The number of carbonyl (C=O) groups is 1. The first-order valence-electron chi connectivity index (χ1n) is 8.06. The first kappa shape index (κ1) is 16.2. The summed E-state index contributed by atoms with van der Waals surface area (Å²) >= 11 is 0. The Bertz CT molecular complexity index is 727. The van der Waals surface area contributed by atoms with Gasteiger partial charge in [0.2, 0.25) is 5.91 Å². The summed E-state index contributed by atoms with van der Waals surface area (Å²) in [5.74, 6) is -0.409. The predicted molar refractivity (Wildman–Crippen MR) is 93.1 cm³/mol. The molecule has 0 aliphatic carbocycles. The number of amides is 1. The molecule has 0 aromatic heterocycles. The van der Waals surface area contributed by atoms with Crippen molar-refractivity contribution in [2.24, 2.45) is 5.73 Å². The van der Waals surface area contributed by atoms with Gasteiger partial charge in [0.25, 0.3) is 0 Å². The highest BCUT2D eigenvalue weighted by Gasteiger charge is 2.53. The van der Waals surface area contributed by atoms with Gasteiger partial charge in [0, 0.05) is 12.0 Å². The van der Waals surface area contributed by atoms with Gasteiger partial charge in [0.15, 0.2) is 0 Å². The lowest BCUT2D eigenvalue weighted by atomic mass is 9.71. The van der Waals surface area contributed by atoms with E-state index >= 15 is 0 Å². The zero-order chi connectivity index (χ0) is 17.2. The van der Waals surface area contributed by atoms with Crippen LogP contribution in [0.1, 0.15) is 24.5 Å². The van der Waals surface area contributed by atoms with Crippen molar-refractivity contribution in [3.05, 3.63) is 71.8 Å². The van der Waals surface area contributed by atoms with Crippen molar-refractivity contribution in [3.63, 3.8) is 0 Å². The third-order valence-corrected chi connectivity index (χ3v) is 5.05. The van der Waals surface area contributed by atoms with E-state index in [0.29, 0.717) is 13.0 Å². The lowest BCUT2D eigenvalue weighted by Gasteiger charge is -2.30. The van der Waals surface area contributed by atoms with Crippen molar-refractivity contribution in [1.29, 1.82) is 5.26 Å². The molecule has 1 heterocycles. The topological polar surface area (TPSA) is 70.1 Å². The minimum Gasteiger partial charge on any atom is -0.369 e. The van der Waals surface area contributed by atoms with Crippen molar-refractivity contribution < 1.29 is 4.79 Å². The molecular weight excluding hydrogens is 298 g/mol. The van der Waals surface area contributed by atoms with E-state index in [0.717, 1.165) is 11.1 Å². The molecule has 1 fully saturated rings. The van der Waals surface area contributed by atoms with Gasteiger partial charge >= 0.3 is 0 Å². The van der Waals surface area contributed by atoms with E-state index < -0.39 is 11.4 Å². The predicted octanol–water partition coefficient (Wildman–Crippen LogP) is 2.45. The maximum absolute atomic E-state index is 11.5. The van der Waals surface area contributed by atoms with Crippen molar-refractivity contribution in [3.8, 4) is 6.07 Å². The summed E-state index contributed by atoms with van der Waals surface area (Å²) < 4.78 is 0. The van der Waals surface area contributed by atoms with Crippen LogP contribution in [0.15, 0.2) is 60.7 Å². The summed E-state index contributed by atoms with van der Waals surface area (Å²) in [7, 11) is 0. The summed E-state index contributed by atoms with van der Waals surface area (Å²) in [6, 6.07) is 22.8. The Hall–Kier alpha value is -2.64. The second-order valence-electron chi connectivity index (χ2n) is 6.70. The summed E-state index contributed by atoms with van der Waals surface area (Å²) in [6.07, 6.45) is 0.623. The molecule has 1 aliphatic heterocycles. The molecule has 4 heteroatoms. The molecule has 1 unspecified atom stereocenters. The summed E-state index contributed by atoms with van der Waals surface area (Å²) in [5.41, 5.74) is 6.67. The van der Waals surface area contributed by atoms with E-state index in [1.807, 2.05) is 48.2 Å². The fraction of sp³-hybridized carbons (Fsp3) is 0.300. The number of rotatable bonds is 4. The molecule has 0 saturated carbocycles. The second-order valence-corrected chi connectivity index (χ2v) is 6.70. The molecule has 1 amide bonds. The minimum atomic E-state index is -0.735. The van der Waals surface area contributed by atoms with Gasteiger partial charge in [0.05, 0.1) is 12.6 Å². The van der Waals surface area contributed by atoms with Crippen LogP contribution < -0.4 is 5.73 Å². The molecule has 2 aromatic carbocycles. The summed E-state index contributed by atoms with van der Waals surface area (Å²) in [4.78, 5) is 13.4. The standard InChI is InChI=1S/C20H21N3O/c1-19(14-21)13-20(15-23(19)12-18(22)24,16-8-4-2-5-9-16)17-10-6-3-7-11-17/h2-11H,12-13,15H2,1H3,(H2,22,24). The van der Waals surface area contributed by atoms with Crippen LogP contribution in [-0.4, -0.2) is 29.4 Å². The van der Waals surface area contributed by atoms with Gasteiger partial charge in [-0.3, -0.25) is 9.69 Å². The van der Waals surface area contributed by atoms with E-state index in [1.165, 1.54) is 0 Å². The van der Waals surface area contributed by atoms with E-state index in [-0.39, 0.29) is 12.0 Å². The normalized spacial score (nSPS) is 22.8. The maximum atomic E-state index is 11.5. The highest BCUT2D eigenvalue weighted by molar-refractivity contribution is 5.76. The Morgan fingerprint density at radius 1 is 1.12 bits per heavy atom. The summed E-state index contributed by atoms with van der Waals surface area (Å²) in [5, 5.41) is 9.79. The average molecular weight is 319 g/mol. The lowest BCUT2D eigenvalue weighted by Crippen LogP contribution is -2.44. The SMILES string of the molecule is CC1(C#N)CC(c2ccccc2)(c2ccccc2)CN1CC(N)=O. The van der Waals surface area contributed by atoms with Crippen LogP contribution in [-0.2, 0) is 10.2 Å². The molecule has 3 rings (SSSR count). The Labute approximate surface area is 142 Å². The van der Waals surface area contributed by atoms with E-state index in [1.54, 1.807) is 0 Å². The molecule has 2 N–H and O–H groups in total. The first-order valence-corrected chi connectivity index (χ1v) is 8.06. The number of nitrogens with two attached hydrogens (primary N) is 1. The smallest absolute Gasteiger partial charge is 0.231 e. The quantitative estimate of drug-likeness (QED) is 0.941. The largest absolute Gasteiger partial charge is 0.369 e. The van der Waals surface area contributed by atoms with Crippen LogP contribution in [0.3, 0.4) is 0 Å². The first-order chi connectivity index (χ1) is 11.5. The van der Waals surface area contributed by atoms with Crippen LogP contribution in [0.2, 0.25) is 0 Å². The molecule has 24 heavy (non-hydrogen) atoms. The molecule has 1 saturated heterocycles. The number of carbonyl (C=O) groups excluding carboxylic acids is 1. The van der Waals surface area contributed by atoms with Crippen LogP contribution in [0.5, 0.6) is 0 Å². The van der Waals surface area contributed by atoms with Crippen molar-refractivity contribution in [2.75, 3.05) is 13.1 Å². The average Bonchev–Trinajstić information content (AvgIpc) is 2.90. The Kier molecular flexibility index (Phi) is 4.13. The molecule has 1 aliphatic rings. The second kappa shape index (κ2) is 6.10. The third-order valence-electron chi connectivity index (χ3n) is 5.05. The molecular formula is C20H21N3O. The fourth-order valence-corrected chi connectivity index (χ4v) is 3.85. The van der Waals surface area contributed by atoms with Gasteiger partial charge in [-0.25, -0.2) is 0 Å². The number of primary amides is 1. The monoisotopic (exact) mass is 319 g/mol. The van der Waals surface area contributed by atoms with Crippen LogP contribution in [0.4, 0.5) is 0 Å². The van der Waals surface area contributed by atoms with Gasteiger partial charge in [-0.05, 0) is 24.5 Å². The Balaban J connectivity index is 2.14. The lowest BCUT2D eigenvalue weighted by molar-refractivity contribution is -0.119. The van der Waals surface area contributed by atoms with E-state index in [9.17, 15) is 10.1 Å². The number of nitrogens with zero attached hydrogens (tertiary/aromatic N) is 2. The molecule has 122 valence electrons. The minimum absolute atomic E-state index is 0.0888.